The molecular formula is C60H115NO5. The van der Waals surface area contributed by atoms with Crippen LogP contribution in [-0.2, 0) is 14.3 Å². The van der Waals surface area contributed by atoms with Crippen LogP contribution in [0.1, 0.15) is 323 Å². The summed E-state index contributed by atoms with van der Waals surface area (Å²) in [5, 5.41) is 23.9. The number of unbranched alkanes of at least 4 members (excludes halogenated alkanes) is 38. The third-order valence-corrected chi connectivity index (χ3v) is 13.8. The van der Waals surface area contributed by atoms with Crippen LogP contribution in [0.5, 0.6) is 0 Å². The van der Waals surface area contributed by atoms with E-state index in [4.69, 9.17) is 4.74 Å². The lowest BCUT2D eigenvalue weighted by Crippen LogP contribution is -2.46. The van der Waals surface area contributed by atoms with Crippen molar-refractivity contribution in [3.05, 3.63) is 24.3 Å². The van der Waals surface area contributed by atoms with Crippen LogP contribution in [-0.4, -0.2) is 46.9 Å². The molecule has 6 heteroatoms. The molecule has 0 saturated heterocycles. The molecule has 0 radical (unpaired) electrons. The third-order valence-electron chi connectivity index (χ3n) is 13.8. The Balaban J connectivity index is 4.52. The monoisotopic (exact) mass is 930 g/mol. The highest BCUT2D eigenvalue weighted by molar-refractivity contribution is 5.77. The Kier molecular flexibility index (Phi) is 52.9. The lowest BCUT2D eigenvalue weighted by atomic mass is 10.0. The van der Waals surface area contributed by atoms with Gasteiger partial charge in [-0.15, -0.1) is 0 Å². The third kappa shape index (κ3) is 48.8. The van der Waals surface area contributed by atoms with E-state index in [2.05, 4.69) is 50.4 Å². The van der Waals surface area contributed by atoms with Gasteiger partial charge in [0.1, 0.15) is 6.10 Å². The molecular weight excluding hydrogens is 815 g/mol. The maximum atomic E-state index is 13.3. The van der Waals surface area contributed by atoms with E-state index in [1.807, 2.05) is 0 Å². The van der Waals surface area contributed by atoms with Gasteiger partial charge in [-0.05, 0) is 57.8 Å². The smallest absolute Gasteiger partial charge is 0.306 e. The summed E-state index contributed by atoms with van der Waals surface area (Å²) in [5.41, 5.74) is 0. The fourth-order valence-electron chi connectivity index (χ4n) is 9.29. The summed E-state index contributed by atoms with van der Waals surface area (Å²) >= 11 is 0. The Labute approximate surface area is 411 Å². The molecule has 0 aliphatic rings. The molecule has 0 aromatic heterocycles. The summed E-state index contributed by atoms with van der Waals surface area (Å²) in [7, 11) is 0. The number of allylic oxidation sites excluding steroid dienone is 4. The van der Waals surface area contributed by atoms with Crippen LogP contribution in [0, 0.1) is 0 Å². The quantitative estimate of drug-likeness (QED) is 0.0321. The van der Waals surface area contributed by atoms with Gasteiger partial charge in [0.2, 0.25) is 5.91 Å². The van der Waals surface area contributed by atoms with Gasteiger partial charge in [-0.3, -0.25) is 9.59 Å². The van der Waals surface area contributed by atoms with Crippen LogP contribution in [0.4, 0.5) is 0 Å². The number of hydrogen-bond donors (Lipinski definition) is 3. The molecule has 390 valence electrons. The largest absolute Gasteiger partial charge is 0.462 e. The SMILES string of the molecule is CCCCC/C=C\C/C=C\CCCCCCCCCC(=O)OC(CCCCCCCCCCCCCCCCC)CC(=O)NC(CO)C(O)CCCCCCCCCCCCCCCCC. The summed E-state index contributed by atoms with van der Waals surface area (Å²) in [6, 6.07) is -0.699. The molecule has 0 aromatic carbocycles. The fraction of sp³-hybridized carbons (Fsp3) is 0.900. The molecule has 0 aromatic rings. The second-order valence-electron chi connectivity index (χ2n) is 20.4. The van der Waals surface area contributed by atoms with Crippen molar-refractivity contribution in [2.24, 2.45) is 0 Å². The lowest BCUT2D eigenvalue weighted by molar-refractivity contribution is -0.151. The van der Waals surface area contributed by atoms with Crippen molar-refractivity contribution < 1.29 is 24.5 Å². The molecule has 66 heavy (non-hydrogen) atoms. The summed E-state index contributed by atoms with van der Waals surface area (Å²) < 4.78 is 5.97. The second-order valence-corrected chi connectivity index (χ2v) is 20.4. The average Bonchev–Trinajstić information content (AvgIpc) is 3.31. The Hall–Kier alpha value is -1.66. The number of aliphatic hydroxyl groups is 2. The molecule has 3 atom stereocenters. The van der Waals surface area contributed by atoms with E-state index in [1.54, 1.807) is 0 Å². The maximum Gasteiger partial charge on any atom is 0.306 e. The molecule has 3 unspecified atom stereocenters. The number of nitrogens with one attached hydrogen (secondary N) is 1. The van der Waals surface area contributed by atoms with Crippen molar-refractivity contribution in [1.82, 2.24) is 5.32 Å². The minimum atomic E-state index is -0.785. The van der Waals surface area contributed by atoms with Crippen LogP contribution in [0.2, 0.25) is 0 Å². The van der Waals surface area contributed by atoms with Crippen LogP contribution < -0.4 is 5.32 Å². The molecule has 0 aliphatic carbocycles. The average molecular weight is 931 g/mol. The molecule has 3 N–H and O–H groups in total. The number of hydrogen-bond acceptors (Lipinski definition) is 5. The van der Waals surface area contributed by atoms with E-state index >= 15 is 0 Å². The van der Waals surface area contributed by atoms with Crippen LogP contribution in [0.3, 0.4) is 0 Å². The van der Waals surface area contributed by atoms with Crippen LogP contribution >= 0.6 is 0 Å². The second kappa shape index (κ2) is 54.3. The Morgan fingerprint density at radius 1 is 0.439 bits per heavy atom. The molecule has 0 saturated carbocycles. The summed E-state index contributed by atoms with van der Waals surface area (Å²) in [4.78, 5) is 26.3. The number of amides is 1. The Morgan fingerprint density at radius 2 is 0.773 bits per heavy atom. The zero-order chi connectivity index (χ0) is 48.1. The van der Waals surface area contributed by atoms with E-state index in [9.17, 15) is 19.8 Å². The zero-order valence-electron chi connectivity index (χ0n) is 44.6. The van der Waals surface area contributed by atoms with Gasteiger partial charge in [0.15, 0.2) is 0 Å². The number of carbonyl (C=O) groups excluding carboxylic acids is 2. The Bertz CT molecular complexity index is 1040. The molecule has 0 aliphatic heterocycles. The number of esters is 1. The predicted octanol–water partition coefficient (Wildman–Crippen LogP) is 18.2. The first-order valence-corrected chi connectivity index (χ1v) is 29.6. The van der Waals surface area contributed by atoms with Crippen molar-refractivity contribution in [3.63, 3.8) is 0 Å². The highest BCUT2D eigenvalue weighted by atomic mass is 16.5. The van der Waals surface area contributed by atoms with E-state index in [0.717, 1.165) is 57.8 Å². The summed E-state index contributed by atoms with van der Waals surface area (Å²) in [6.45, 7) is 6.50. The standard InChI is InChI=1S/C60H115NO5/c1-4-7-10-13-16-19-22-25-28-29-32-35-38-41-44-47-50-53-60(65)66-56(51-48-45-42-39-36-33-30-26-23-20-17-14-11-8-5-2)54-59(64)61-57(55-62)58(63)52-49-46-43-40-37-34-31-27-24-21-18-15-12-9-6-3/h16,19,25,28,56-58,62-63H,4-15,17-18,20-24,26-27,29-55H2,1-3H3,(H,61,64)/b19-16-,28-25-. The van der Waals surface area contributed by atoms with Crippen LogP contribution in [0.15, 0.2) is 24.3 Å². The van der Waals surface area contributed by atoms with E-state index < -0.39 is 18.2 Å². The van der Waals surface area contributed by atoms with Gasteiger partial charge < -0.3 is 20.3 Å². The van der Waals surface area contributed by atoms with Gasteiger partial charge in [-0.1, -0.05) is 276 Å². The van der Waals surface area contributed by atoms with E-state index in [0.29, 0.717) is 19.3 Å². The summed E-state index contributed by atoms with van der Waals surface area (Å²) in [5.74, 6) is -0.461. The Morgan fingerprint density at radius 3 is 1.18 bits per heavy atom. The fourth-order valence-corrected chi connectivity index (χ4v) is 9.29. The van der Waals surface area contributed by atoms with Gasteiger partial charge in [-0.2, -0.15) is 0 Å². The van der Waals surface area contributed by atoms with Gasteiger partial charge in [-0.25, -0.2) is 0 Å². The van der Waals surface area contributed by atoms with Crippen molar-refractivity contribution in [2.45, 2.75) is 341 Å². The predicted molar refractivity (Wildman–Crippen MR) is 287 cm³/mol. The first-order chi connectivity index (χ1) is 32.5. The number of aliphatic hydroxyl groups excluding tert-OH is 2. The molecule has 0 bridgehead atoms. The minimum Gasteiger partial charge on any atom is -0.462 e. The molecule has 1 amide bonds. The minimum absolute atomic E-state index is 0.0808. The molecule has 6 nitrogen and oxygen atoms in total. The van der Waals surface area contributed by atoms with Gasteiger partial charge in [0.25, 0.3) is 0 Å². The molecule has 0 fully saturated rings. The van der Waals surface area contributed by atoms with Crippen molar-refractivity contribution >= 4 is 11.9 Å². The summed E-state index contributed by atoms with van der Waals surface area (Å²) in [6.07, 6.45) is 63.8. The molecule has 0 heterocycles. The highest BCUT2D eigenvalue weighted by Crippen LogP contribution is 2.19. The van der Waals surface area contributed by atoms with Gasteiger partial charge >= 0.3 is 5.97 Å². The van der Waals surface area contributed by atoms with Gasteiger partial charge in [0.05, 0.1) is 25.2 Å². The van der Waals surface area contributed by atoms with Crippen molar-refractivity contribution in [1.29, 1.82) is 0 Å². The van der Waals surface area contributed by atoms with E-state index in [1.165, 1.54) is 218 Å². The first kappa shape index (κ1) is 64.3. The molecule has 0 rings (SSSR count). The van der Waals surface area contributed by atoms with Crippen molar-refractivity contribution in [2.75, 3.05) is 6.61 Å². The first-order valence-electron chi connectivity index (χ1n) is 29.6. The topological polar surface area (TPSA) is 95.9 Å². The normalized spacial score (nSPS) is 13.2. The van der Waals surface area contributed by atoms with Crippen molar-refractivity contribution in [3.8, 4) is 0 Å². The highest BCUT2D eigenvalue weighted by Gasteiger charge is 2.24. The van der Waals surface area contributed by atoms with E-state index in [-0.39, 0.29) is 24.9 Å². The number of ether oxygens (including phenoxy) is 1. The van der Waals surface area contributed by atoms with Crippen LogP contribution in [0.25, 0.3) is 0 Å². The number of carbonyl (C=O) groups is 2. The number of rotatable bonds is 54. The zero-order valence-corrected chi connectivity index (χ0v) is 44.6. The molecule has 0 spiro atoms. The lowest BCUT2D eigenvalue weighted by Gasteiger charge is -2.24. The maximum absolute atomic E-state index is 13.3. The van der Waals surface area contributed by atoms with Gasteiger partial charge in [0, 0.05) is 6.42 Å².